The molecule has 0 aliphatic rings. The molecule has 0 radical (unpaired) electrons. The number of carboxylic acids is 1. The maximum atomic E-state index is 10.8. The first-order valence-electron chi connectivity index (χ1n) is 4.98. The Labute approximate surface area is 89.9 Å². The first-order valence-corrected chi connectivity index (χ1v) is 4.98. The van der Waals surface area contributed by atoms with Gasteiger partial charge in [0, 0.05) is 5.56 Å². The minimum Gasteiger partial charge on any atom is -0.478 e. The fraction of sp³-hybridized carbons (Fsp3) is 0.308. The van der Waals surface area contributed by atoms with Gasteiger partial charge in [-0.1, -0.05) is 25.3 Å². The molecular formula is C13H14O2. The lowest BCUT2D eigenvalue weighted by atomic mass is 10.0. The summed E-state index contributed by atoms with van der Waals surface area (Å²) in [6, 6.07) is 5.13. The number of carboxylic acid groups (broad SMARTS) is 1. The number of aromatic carboxylic acids is 1. The highest BCUT2D eigenvalue weighted by Crippen LogP contribution is 2.13. The van der Waals surface area contributed by atoms with Crippen LogP contribution in [0.5, 0.6) is 0 Å². The number of hydrogen-bond acceptors (Lipinski definition) is 1. The minimum absolute atomic E-state index is 0.299. The Morgan fingerprint density at radius 1 is 1.47 bits per heavy atom. The van der Waals surface area contributed by atoms with Crippen molar-refractivity contribution in [1.29, 1.82) is 0 Å². The van der Waals surface area contributed by atoms with E-state index in [1.165, 1.54) is 0 Å². The van der Waals surface area contributed by atoms with Crippen molar-refractivity contribution in [2.75, 3.05) is 0 Å². The maximum absolute atomic E-state index is 10.8. The Balaban J connectivity index is 3.18. The van der Waals surface area contributed by atoms with E-state index < -0.39 is 5.97 Å². The van der Waals surface area contributed by atoms with Gasteiger partial charge in [-0.05, 0) is 31.0 Å². The smallest absolute Gasteiger partial charge is 0.335 e. The zero-order chi connectivity index (χ0) is 11.3. The largest absolute Gasteiger partial charge is 0.478 e. The van der Waals surface area contributed by atoms with E-state index in [4.69, 9.17) is 5.11 Å². The summed E-state index contributed by atoms with van der Waals surface area (Å²) < 4.78 is 0. The van der Waals surface area contributed by atoms with Crippen molar-refractivity contribution < 1.29 is 9.90 Å². The van der Waals surface area contributed by atoms with Gasteiger partial charge < -0.3 is 5.11 Å². The second kappa shape index (κ2) is 5.21. The topological polar surface area (TPSA) is 37.3 Å². The molecule has 1 rings (SSSR count). The third-order valence-corrected chi connectivity index (χ3v) is 2.14. The number of benzene rings is 1. The molecular weight excluding hydrogens is 188 g/mol. The predicted octanol–water partition coefficient (Wildman–Crippen LogP) is 2.71. The van der Waals surface area contributed by atoms with Crippen LogP contribution in [-0.4, -0.2) is 11.1 Å². The summed E-state index contributed by atoms with van der Waals surface area (Å²) in [6.07, 6.45) is 1.97. The van der Waals surface area contributed by atoms with Crippen LogP contribution in [0.4, 0.5) is 0 Å². The third-order valence-electron chi connectivity index (χ3n) is 2.14. The SMILES string of the molecule is CC#Cc1cc(C(=O)O)ccc1CCC. The van der Waals surface area contributed by atoms with Crippen molar-refractivity contribution in [3.63, 3.8) is 0 Å². The molecule has 1 aromatic rings. The fourth-order valence-corrected chi connectivity index (χ4v) is 1.45. The molecule has 1 N–H and O–H groups in total. The lowest BCUT2D eigenvalue weighted by Gasteiger charge is -2.04. The first-order chi connectivity index (χ1) is 7.19. The third kappa shape index (κ3) is 2.85. The highest BCUT2D eigenvalue weighted by molar-refractivity contribution is 5.88. The van der Waals surface area contributed by atoms with Crippen molar-refractivity contribution in [3.8, 4) is 11.8 Å². The average molecular weight is 202 g/mol. The highest BCUT2D eigenvalue weighted by atomic mass is 16.4. The summed E-state index contributed by atoms with van der Waals surface area (Å²) in [5, 5.41) is 8.85. The van der Waals surface area contributed by atoms with E-state index in [-0.39, 0.29) is 0 Å². The van der Waals surface area contributed by atoms with Crippen LogP contribution in [0.3, 0.4) is 0 Å². The average Bonchev–Trinajstić information content (AvgIpc) is 2.21. The van der Waals surface area contributed by atoms with Crippen molar-refractivity contribution in [1.82, 2.24) is 0 Å². The van der Waals surface area contributed by atoms with Gasteiger partial charge in [-0.3, -0.25) is 0 Å². The van der Waals surface area contributed by atoms with Gasteiger partial charge in [0.1, 0.15) is 0 Å². The van der Waals surface area contributed by atoms with Crippen LogP contribution in [0.2, 0.25) is 0 Å². The predicted molar refractivity (Wildman–Crippen MR) is 59.9 cm³/mol. The van der Waals surface area contributed by atoms with E-state index in [1.807, 2.05) is 6.07 Å². The molecule has 0 bridgehead atoms. The second-order valence-corrected chi connectivity index (χ2v) is 3.30. The van der Waals surface area contributed by atoms with Gasteiger partial charge >= 0.3 is 5.97 Å². The van der Waals surface area contributed by atoms with Gasteiger partial charge in [0.25, 0.3) is 0 Å². The monoisotopic (exact) mass is 202 g/mol. The molecule has 15 heavy (non-hydrogen) atoms. The molecule has 2 nitrogen and oxygen atoms in total. The van der Waals surface area contributed by atoms with Gasteiger partial charge in [0.05, 0.1) is 5.56 Å². The van der Waals surface area contributed by atoms with Crippen molar-refractivity contribution in [2.45, 2.75) is 26.7 Å². The summed E-state index contributed by atoms with van der Waals surface area (Å²) in [7, 11) is 0. The Kier molecular flexibility index (Phi) is 3.93. The van der Waals surface area contributed by atoms with Crippen LogP contribution >= 0.6 is 0 Å². The van der Waals surface area contributed by atoms with E-state index in [0.717, 1.165) is 24.0 Å². The summed E-state index contributed by atoms with van der Waals surface area (Å²) >= 11 is 0. The molecule has 1 aromatic carbocycles. The van der Waals surface area contributed by atoms with E-state index in [0.29, 0.717) is 5.56 Å². The Bertz CT molecular complexity index is 422. The molecule has 0 saturated carbocycles. The number of carbonyl (C=O) groups is 1. The molecule has 0 unspecified atom stereocenters. The molecule has 0 amide bonds. The zero-order valence-electron chi connectivity index (χ0n) is 9.00. The van der Waals surface area contributed by atoms with Gasteiger partial charge in [0.15, 0.2) is 0 Å². The van der Waals surface area contributed by atoms with Crippen molar-refractivity contribution >= 4 is 5.97 Å². The molecule has 0 saturated heterocycles. The molecule has 0 fully saturated rings. The first kappa shape index (κ1) is 11.3. The number of rotatable bonds is 3. The van der Waals surface area contributed by atoms with E-state index >= 15 is 0 Å². The van der Waals surface area contributed by atoms with Crippen LogP contribution in [0, 0.1) is 11.8 Å². The maximum Gasteiger partial charge on any atom is 0.335 e. The standard InChI is InChI=1S/C13H14O2/c1-3-5-10-7-8-12(13(14)15)9-11(10)6-4-2/h7-9H,3,5H2,1-2H3,(H,14,15). The normalized spacial score (nSPS) is 9.20. The van der Waals surface area contributed by atoms with Crippen LogP contribution in [0.25, 0.3) is 0 Å². The van der Waals surface area contributed by atoms with Gasteiger partial charge in [0.2, 0.25) is 0 Å². The molecule has 0 aliphatic heterocycles. The lowest BCUT2D eigenvalue weighted by molar-refractivity contribution is 0.0697. The Morgan fingerprint density at radius 2 is 2.20 bits per heavy atom. The van der Waals surface area contributed by atoms with E-state index in [2.05, 4.69) is 18.8 Å². The summed E-state index contributed by atoms with van der Waals surface area (Å²) in [5.41, 5.74) is 2.25. The molecule has 0 aliphatic carbocycles. The Morgan fingerprint density at radius 3 is 2.73 bits per heavy atom. The van der Waals surface area contributed by atoms with E-state index in [9.17, 15) is 4.79 Å². The Hall–Kier alpha value is -1.75. The molecule has 0 atom stereocenters. The summed E-state index contributed by atoms with van der Waals surface area (Å²) in [5.74, 6) is 4.84. The van der Waals surface area contributed by atoms with E-state index in [1.54, 1.807) is 19.1 Å². The molecule has 0 aromatic heterocycles. The number of hydrogen-bond donors (Lipinski definition) is 1. The van der Waals surface area contributed by atoms with Gasteiger partial charge in [-0.25, -0.2) is 4.79 Å². The van der Waals surface area contributed by atoms with Crippen LogP contribution < -0.4 is 0 Å². The lowest BCUT2D eigenvalue weighted by Crippen LogP contribution is -1.99. The number of aryl methyl sites for hydroxylation is 1. The fourth-order valence-electron chi connectivity index (χ4n) is 1.45. The van der Waals surface area contributed by atoms with Gasteiger partial charge in [-0.15, -0.1) is 5.92 Å². The molecule has 78 valence electrons. The van der Waals surface area contributed by atoms with Crippen molar-refractivity contribution in [2.24, 2.45) is 0 Å². The van der Waals surface area contributed by atoms with Crippen molar-refractivity contribution in [3.05, 3.63) is 34.9 Å². The zero-order valence-corrected chi connectivity index (χ0v) is 9.00. The van der Waals surface area contributed by atoms with Crippen LogP contribution in [0.15, 0.2) is 18.2 Å². The molecule has 0 heterocycles. The van der Waals surface area contributed by atoms with Crippen LogP contribution in [0.1, 0.15) is 41.8 Å². The quantitative estimate of drug-likeness (QED) is 0.765. The highest BCUT2D eigenvalue weighted by Gasteiger charge is 2.06. The summed E-state index contributed by atoms with van der Waals surface area (Å²) in [6.45, 7) is 3.84. The van der Waals surface area contributed by atoms with Gasteiger partial charge in [-0.2, -0.15) is 0 Å². The minimum atomic E-state index is -0.905. The molecule has 0 spiro atoms. The molecule has 2 heteroatoms. The second-order valence-electron chi connectivity index (χ2n) is 3.30. The summed E-state index contributed by atoms with van der Waals surface area (Å²) in [4.78, 5) is 10.8. The van der Waals surface area contributed by atoms with Crippen LogP contribution in [-0.2, 0) is 6.42 Å².